The van der Waals surface area contributed by atoms with Crippen LogP contribution >= 0.6 is 0 Å². The summed E-state index contributed by atoms with van der Waals surface area (Å²) < 4.78 is 4.84. The molecule has 1 aromatic rings. The fourth-order valence-corrected chi connectivity index (χ4v) is 1.31. The van der Waals surface area contributed by atoms with Gasteiger partial charge in [0, 0.05) is 26.6 Å². The van der Waals surface area contributed by atoms with Crippen LogP contribution < -0.4 is 10.6 Å². The number of aryl methyl sites for hydroxylation is 2. The second kappa shape index (κ2) is 7.60. The van der Waals surface area contributed by atoms with E-state index in [1.807, 2.05) is 13.8 Å². The summed E-state index contributed by atoms with van der Waals surface area (Å²) in [5.74, 6) is 0.694. The van der Waals surface area contributed by atoms with Gasteiger partial charge in [0.2, 0.25) is 5.91 Å². The molecule has 0 aliphatic carbocycles. The lowest BCUT2D eigenvalue weighted by Gasteiger charge is -2.07. The number of nitrogens with one attached hydrogen (secondary N) is 2. The number of carbonyl (C=O) groups excluding carboxylic acids is 1. The number of nitrogens with zero attached hydrogens (tertiary/aromatic N) is 2. The Morgan fingerprint density at radius 3 is 2.78 bits per heavy atom. The molecule has 0 saturated carbocycles. The van der Waals surface area contributed by atoms with Crippen LogP contribution in [0.25, 0.3) is 0 Å². The number of rotatable bonds is 7. The van der Waals surface area contributed by atoms with Crippen LogP contribution in [0.1, 0.15) is 17.8 Å². The average molecular weight is 252 g/mol. The summed E-state index contributed by atoms with van der Waals surface area (Å²) in [6.07, 6.45) is 2.07. The highest BCUT2D eigenvalue weighted by atomic mass is 16.5. The second-order valence-electron chi connectivity index (χ2n) is 3.95. The topological polar surface area (TPSA) is 76.1 Å². The minimum atomic E-state index is -0.00339. The van der Waals surface area contributed by atoms with Crippen molar-refractivity contribution < 1.29 is 9.53 Å². The van der Waals surface area contributed by atoms with Crippen LogP contribution in [-0.4, -0.2) is 42.7 Å². The molecule has 100 valence electrons. The van der Waals surface area contributed by atoms with Crippen LogP contribution in [0.2, 0.25) is 0 Å². The van der Waals surface area contributed by atoms with Gasteiger partial charge < -0.3 is 15.4 Å². The molecule has 1 heterocycles. The predicted molar refractivity (Wildman–Crippen MR) is 69.5 cm³/mol. The van der Waals surface area contributed by atoms with Crippen molar-refractivity contribution in [3.63, 3.8) is 0 Å². The summed E-state index contributed by atoms with van der Waals surface area (Å²) in [5.41, 5.74) is 1.81. The van der Waals surface area contributed by atoms with Gasteiger partial charge in [-0.25, -0.2) is 4.98 Å². The highest BCUT2D eigenvalue weighted by molar-refractivity contribution is 5.76. The third kappa shape index (κ3) is 5.09. The maximum absolute atomic E-state index is 11.4. The number of amides is 1. The first-order valence-electron chi connectivity index (χ1n) is 5.93. The van der Waals surface area contributed by atoms with E-state index < -0.39 is 0 Å². The third-order valence-electron chi connectivity index (χ3n) is 2.48. The van der Waals surface area contributed by atoms with Crippen molar-refractivity contribution in [3.8, 4) is 0 Å². The van der Waals surface area contributed by atoms with Gasteiger partial charge in [0.25, 0.3) is 0 Å². The molecule has 2 N–H and O–H groups in total. The lowest BCUT2D eigenvalue weighted by atomic mass is 10.3. The van der Waals surface area contributed by atoms with Gasteiger partial charge in [0.15, 0.2) is 0 Å². The predicted octanol–water partition coefficient (Wildman–Crippen LogP) is 0.658. The van der Waals surface area contributed by atoms with Crippen molar-refractivity contribution in [3.05, 3.63) is 17.6 Å². The Morgan fingerprint density at radius 1 is 1.33 bits per heavy atom. The molecule has 1 aromatic heterocycles. The second-order valence-corrected chi connectivity index (χ2v) is 3.95. The van der Waals surface area contributed by atoms with Crippen LogP contribution in [-0.2, 0) is 9.53 Å². The number of hydrogen-bond donors (Lipinski definition) is 2. The van der Waals surface area contributed by atoms with E-state index in [9.17, 15) is 4.79 Å². The van der Waals surface area contributed by atoms with Gasteiger partial charge in [-0.3, -0.25) is 9.78 Å². The van der Waals surface area contributed by atoms with Crippen LogP contribution in [0.5, 0.6) is 0 Å². The van der Waals surface area contributed by atoms with Crippen LogP contribution in [0.4, 0.5) is 5.82 Å². The van der Waals surface area contributed by atoms with Crippen LogP contribution in [0, 0.1) is 13.8 Å². The molecule has 6 heteroatoms. The molecule has 1 rings (SSSR count). The number of anilines is 1. The summed E-state index contributed by atoms with van der Waals surface area (Å²) in [6, 6.07) is 0. The van der Waals surface area contributed by atoms with E-state index in [4.69, 9.17) is 4.74 Å². The molecule has 0 unspecified atom stereocenters. The van der Waals surface area contributed by atoms with Crippen molar-refractivity contribution in [2.45, 2.75) is 20.3 Å². The SMILES string of the molecule is COCCNC(=O)CCNc1cnc(C)c(C)n1. The Bertz CT molecular complexity index is 396. The van der Waals surface area contributed by atoms with E-state index in [-0.39, 0.29) is 5.91 Å². The molecule has 0 aliphatic heterocycles. The van der Waals surface area contributed by atoms with Crippen molar-refractivity contribution in [2.24, 2.45) is 0 Å². The molecule has 0 aromatic carbocycles. The Labute approximate surface area is 107 Å². The van der Waals surface area contributed by atoms with Crippen molar-refractivity contribution in [1.29, 1.82) is 0 Å². The molecule has 0 saturated heterocycles. The first-order chi connectivity index (χ1) is 8.63. The molecule has 6 nitrogen and oxygen atoms in total. The van der Waals surface area contributed by atoms with Gasteiger partial charge in [-0.2, -0.15) is 0 Å². The van der Waals surface area contributed by atoms with E-state index in [2.05, 4.69) is 20.6 Å². The number of carbonyl (C=O) groups is 1. The number of aromatic nitrogens is 2. The first kappa shape index (κ1) is 14.4. The van der Waals surface area contributed by atoms with E-state index in [1.165, 1.54) is 0 Å². The zero-order valence-corrected chi connectivity index (χ0v) is 11.1. The molecule has 0 bridgehead atoms. The summed E-state index contributed by atoms with van der Waals surface area (Å²) >= 11 is 0. The zero-order valence-electron chi connectivity index (χ0n) is 11.1. The molecular formula is C12H20N4O2. The minimum Gasteiger partial charge on any atom is -0.383 e. The Kier molecular flexibility index (Phi) is 6.07. The number of hydrogen-bond acceptors (Lipinski definition) is 5. The molecule has 0 atom stereocenters. The van der Waals surface area contributed by atoms with Crippen molar-refractivity contribution >= 4 is 11.7 Å². The lowest BCUT2D eigenvalue weighted by molar-refractivity contribution is -0.121. The van der Waals surface area contributed by atoms with E-state index in [1.54, 1.807) is 13.3 Å². The van der Waals surface area contributed by atoms with Gasteiger partial charge in [-0.1, -0.05) is 0 Å². The maximum atomic E-state index is 11.4. The van der Waals surface area contributed by atoms with Crippen LogP contribution in [0.3, 0.4) is 0 Å². The highest BCUT2D eigenvalue weighted by Crippen LogP contribution is 2.05. The smallest absolute Gasteiger partial charge is 0.221 e. The summed E-state index contributed by atoms with van der Waals surface area (Å²) in [7, 11) is 1.60. The Morgan fingerprint density at radius 2 is 2.11 bits per heavy atom. The third-order valence-corrected chi connectivity index (χ3v) is 2.48. The number of methoxy groups -OCH3 is 1. The Hall–Kier alpha value is -1.69. The monoisotopic (exact) mass is 252 g/mol. The average Bonchev–Trinajstić information content (AvgIpc) is 2.34. The largest absolute Gasteiger partial charge is 0.383 e. The molecule has 18 heavy (non-hydrogen) atoms. The molecule has 1 amide bonds. The zero-order chi connectivity index (χ0) is 13.4. The van der Waals surface area contributed by atoms with Gasteiger partial charge >= 0.3 is 0 Å². The fourth-order valence-electron chi connectivity index (χ4n) is 1.31. The van der Waals surface area contributed by atoms with Crippen molar-refractivity contribution in [1.82, 2.24) is 15.3 Å². The van der Waals surface area contributed by atoms with Crippen molar-refractivity contribution in [2.75, 3.05) is 32.1 Å². The highest BCUT2D eigenvalue weighted by Gasteiger charge is 2.02. The molecule has 0 radical (unpaired) electrons. The first-order valence-corrected chi connectivity index (χ1v) is 5.93. The van der Waals surface area contributed by atoms with Gasteiger partial charge in [-0.15, -0.1) is 0 Å². The summed E-state index contributed by atoms with van der Waals surface area (Å²) in [6.45, 7) is 5.43. The molecule has 0 spiro atoms. The Balaban J connectivity index is 2.24. The van der Waals surface area contributed by atoms with Gasteiger partial charge in [0.05, 0.1) is 24.2 Å². The molecule has 0 fully saturated rings. The van der Waals surface area contributed by atoms with E-state index >= 15 is 0 Å². The maximum Gasteiger partial charge on any atom is 0.221 e. The molecular weight excluding hydrogens is 232 g/mol. The fraction of sp³-hybridized carbons (Fsp3) is 0.583. The normalized spacial score (nSPS) is 10.2. The summed E-state index contributed by atoms with van der Waals surface area (Å²) in [4.78, 5) is 19.9. The molecule has 0 aliphatic rings. The van der Waals surface area contributed by atoms with Gasteiger partial charge in [-0.05, 0) is 13.8 Å². The lowest BCUT2D eigenvalue weighted by Crippen LogP contribution is -2.28. The quantitative estimate of drug-likeness (QED) is 0.697. The number of ether oxygens (including phenoxy) is 1. The van der Waals surface area contributed by atoms with E-state index in [0.29, 0.717) is 31.9 Å². The van der Waals surface area contributed by atoms with Crippen LogP contribution in [0.15, 0.2) is 6.20 Å². The minimum absolute atomic E-state index is 0.00339. The van der Waals surface area contributed by atoms with Gasteiger partial charge in [0.1, 0.15) is 5.82 Å². The summed E-state index contributed by atoms with van der Waals surface area (Å²) in [5, 5.41) is 5.82. The standard InChI is InChI=1S/C12H20N4O2/c1-9-10(2)16-11(8-15-9)13-5-4-12(17)14-6-7-18-3/h8H,4-7H2,1-3H3,(H,13,16)(H,14,17). The van der Waals surface area contributed by atoms with E-state index in [0.717, 1.165) is 11.4 Å².